The Morgan fingerprint density at radius 3 is 2.48 bits per heavy atom. The molecule has 2 rings (SSSR count). The summed E-state index contributed by atoms with van der Waals surface area (Å²) in [5.41, 5.74) is 3.36. The van der Waals surface area contributed by atoms with E-state index >= 15 is 0 Å². The van der Waals surface area contributed by atoms with Crippen LogP contribution in [0.5, 0.6) is 0 Å². The fourth-order valence-corrected chi connectivity index (χ4v) is 2.40. The third kappa shape index (κ3) is 4.35. The van der Waals surface area contributed by atoms with Gasteiger partial charge in [-0.05, 0) is 60.9 Å². The van der Waals surface area contributed by atoms with Crippen LogP contribution >= 0.6 is 23.2 Å². The van der Waals surface area contributed by atoms with Crippen molar-refractivity contribution in [2.75, 3.05) is 5.32 Å². The largest absolute Gasteiger partial charge is 0.321 e. The van der Waals surface area contributed by atoms with Crippen LogP contribution in [0.4, 0.5) is 5.69 Å². The van der Waals surface area contributed by atoms with Gasteiger partial charge in [-0.1, -0.05) is 35.3 Å². The second kappa shape index (κ2) is 7.32. The van der Waals surface area contributed by atoms with Gasteiger partial charge in [-0.15, -0.1) is 0 Å². The summed E-state index contributed by atoms with van der Waals surface area (Å²) in [5.74, 6) is -0.484. The first-order valence-corrected chi connectivity index (χ1v) is 7.62. The van der Waals surface area contributed by atoms with Crippen molar-refractivity contribution in [3.05, 3.63) is 68.7 Å². The Morgan fingerprint density at radius 2 is 1.87 bits per heavy atom. The lowest BCUT2D eigenvalue weighted by Gasteiger charge is -2.07. The smallest absolute Gasteiger partial charge is 0.266 e. The Labute approximate surface area is 145 Å². The lowest BCUT2D eigenvalue weighted by Crippen LogP contribution is -2.13. The zero-order valence-electron chi connectivity index (χ0n) is 12.7. The van der Waals surface area contributed by atoms with Gasteiger partial charge in [-0.2, -0.15) is 5.26 Å². The van der Waals surface area contributed by atoms with Crippen LogP contribution in [0.3, 0.4) is 0 Å². The van der Waals surface area contributed by atoms with Gasteiger partial charge in [0.25, 0.3) is 5.91 Å². The van der Waals surface area contributed by atoms with Crippen LogP contribution in [0.15, 0.2) is 42.0 Å². The molecule has 3 nitrogen and oxygen atoms in total. The van der Waals surface area contributed by atoms with Crippen molar-refractivity contribution in [2.24, 2.45) is 0 Å². The van der Waals surface area contributed by atoms with Gasteiger partial charge in [0.1, 0.15) is 11.6 Å². The molecule has 23 heavy (non-hydrogen) atoms. The third-order valence-corrected chi connectivity index (χ3v) is 3.95. The number of aryl methyl sites for hydroxylation is 2. The first kappa shape index (κ1) is 17.1. The summed E-state index contributed by atoms with van der Waals surface area (Å²) in [7, 11) is 0. The molecule has 0 unspecified atom stereocenters. The molecule has 0 aliphatic carbocycles. The lowest BCUT2D eigenvalue weighted by atomic mass is 10.1. The monoisotopic (exact) mass is 344 g/mol. The summed E-state index contributed by atoms with van der Waals surface area (Å²) in [5, 5.41) is 12.8. The highest BCUT2D eigenvalue weighted by Gasteiger charge is 2.11. The van der Waals surface area contributed by atoms with E-state index < -0.39 is 5.91 Å². The molecule has 0 aliphatic rings. The molecule has 0 atom stereocenters. The number of nitriles is 1. The van der Waals surface area contributed by atoms with Gasteiger partial charge in [0, 0.05) is 15.7 Å². The standard InChI is InChI=1S/C18H14Cl2N2O/c1-11-3-6-16(7-12(11)2)22-18(23)14(10-21)8-13-4-5-15(19)9-17(13)20/h3-9H,1-2H3,(H,22,23)/b14-8+. The second-order valence-electron chi connectivity index (χ2n) is 5.09. The Kier molecular flexibility index (Phi) is 5.44. The van der Waals surface area contributed by atoms with E-state index in [1.54, 1.807) is 24.3 Å². The number of hydrogen-bond donors (Lipinski definition) is 1. The van der Waals surface area contributed by atoms with E-state index in [9.17, 15) is 10.1 Å². The normalized spacial score (nSPS) is 11.0. The number of carbonyl (C=O) groups excluding carboxylic acids is 1. The van der Waals surface area contributed by atoms with Crippen molar-refractivity contribution in [3.8, 4) is 6.07 Å². The van der Waals surface area contributed by atoms with Gasteiger partial charge < -0.3 is 5.32 Å². The van der Waals surface area contributed by atoms with E-state index in [-0.39, 0.29) is 5.57 Å². The molecule has 1 amide bonds. The van der Waals surface area contributed by atoms with E-state index in [1.165, 1.54) is 6.08 Å². The van der Waals surface area contributed by atoms with Gasteiger partial charge in [-0.3, -0.25) is 4.79 Å². The van der Waals surface area contributed by atoms with E-state index in [2.05, 4.69) is 5.32 Å². The predicted octanol–water partition coefficient (Wildman–Crippen LogP) is 5.16. The van der Waals surface area contributed by atoms with Crippen LogP contribution in [0.2, 0.25) is 10.0 Å². The van der Waals surface area contributed by atoms with Crippen molar-refractivity contribution >= 4 is 40.9 Å². The van der Waals surface area contributed by atoms with Crippen molar-refractivity contribution in [3.63, 3.8) is 0 Å². The van der Waals surface area contributed by atoms with Crippen LogP contribution in [0.25, 0.3) is 6.08 Å². The maximum absolute atomic E-state index is 12.3. The molecule has 2 aromatic carbocycles. The maximum atomic E-state index is 12.3. The van der Waals surface area contributed by atoms with Crippen molar-refractivity contribution in [2.45, 2.75) is 13.8 Å². The first-order chi connectivity index (χ1) is 10.9. The van der Waals surface area contributed by atoms with E-state index in [0.29, 0.717) is 21.3 Å². The zero-order chi connectivity index (χ0) is 17.0. The minimum atomic E-state index is -0.484. The van der Waals surface area contributed by atoms with Crippen LogP contribution in [-0.4, -0.2) is 5.91 Å². The molecular weight excluding hydrogens is 331 g/mol. The van der Waals surface area contributed by atoms with Crippen LogP contribution in [0.1, 0.15) is 16.7 Å². The highest BCUT2D eigenvalue weighted by Crippen LogP contribution is 2.23. The molecule has 1 N–H and O–H groups in total. The average molecular weight is 345 g/mol. The van der Waals surface area contributed by atoms with Gasteiger partial charge in [0.15, 0.2) is 0 Å². The summed E-state index contributed by atoms with van der Waals surface area (Å²) in [6.45, 7) is 3.95. The summed E-state index contributed by atoms with van der Waals surface area (Å²) in [6, 6.07) is 12.3. The quantitative estimate of drug-likeness (QED) is 0.617. The minimum Gasteiger partial charge on any atom is -0.321 e. The molecule has 0 bridgehead atoms. The lowest BCUT2D eigenvalue weighted by molar-refractivity contribution is -0.112. The Hall–Kier alpha value is -2.28. The van der Waals surface area contributed by atoms with Gasteiger partial charge in [-0.25, -0.2) is 0 Å². The van der Waals surface area contributed by atoms with Crippen LogP contribution < -0.4 is 5.32 Å². The number of anilines is 1. The molecule has 0 aromatic heterocycles. The van der Waals surface area contributed by atoms with Gasteiger partial charge in [0.05, 0.1) is 0 Å². The number of nitrogens with one attached hydrogen (secondary N) is 1. The minimum absolute atomic E-state index is 0.0348. The number of amides is 1. The van der Waals surface area contributed by atoms with Gasteiger partial charge in [0.2, 0.25) is 0 Å². The molecular formula is C18H14Cl2N2O. The predicted molar refractivity (Wildman–Crippen MR) is 94.6 cm³/mol. The summed E-state index contributed by atoms with van der Waals surface area (Å²) < 4.78 is 0. The van der Waals surface area contributed by atoms with E-state index in [1.807, 2.05) is 32.0 Å². The van der Waals surface area contributed by atoms with Crippen molar-refractivity contribution in [1.82, 2.24) is 0 Å². The highest BCUT2D eigenvalue weighted by molar-refractivity contribution is 6.35. The number of nitrogens with zero attached hydrogens (tertiary/aromatic N) is 1. The molecule has 0 saturated carbocycles. The Morgan fingerprint density at radius 1 is 1.13 bits per heavy atom. The summed E-state index contributed by atoms with van der Waals surface area (Å²) in [6.07, 6.45) is 1.44. The molecule has 116 valence electrons. The molecule has 2 aromatic rings. The summed E-state index contributed by atoms with van der Waals surface area (Å²) in [4.78, 5) is 12.3. The maximum Gasteiger partial charge on any atom is 0.266 e. The van der Waals surface area contributed by atoms with E-state index in [0.717, 1.165) is 11.1 Å². The number of benzene rings is 2. The SMILES string of the molecule is Cc1ccc(NC(=O)/C(C#N)=C/c2ccc(Cl)cc2Cl)cc1C. The number of hydrogen-bond acceptors (Lipinski definition) is 2. The Balaban J connectivity index is 2.26. The molecule has 0 aliphatic heterocycles. The third-order valence-electron chi connectivity index (χ3n) is 3.39. The topological polar surface area (TPSA) is 52.9 Å². The molecule has 0 heterocycles. The Bertz CT molecular complexity index is 835. The number of carbonyl (C=O) groups is 1. The summed E-state index contributed by atoms with van der Waals surface area (Å²) >= 11 is 11.9. The van der Waals surface area contributed by atoms with Gasteiger partial charge >= 0.3 is 0 Å². The first-order valence-electron chi connectivity index (χ1n) is 6.86. The van der Waals surface area contributed by atoms with Crippen molar-refractivity contribution in [1.29, 1.82) is 5.26 Å². The molecule has 0 radical (unpaired) electrons. The molecule has 0 spiro atoms. The second-order valence-corrected chi connectivity index (χ2v) is 5.93. The molecule has 5 heteroatoms. The number of rotatable bonds is 3. The van der Waals surface area contributed by atoms with E-state index in [4.69, 9.17) is 23.2 Å². The fraction of sp³-hybridized carbons (Fsp3) is 0.111. The number of halogens is 2. The average Bonchev–Trinajstić information content (AvgIpc) is 2.50. The fourth-order valence-electron chi connectivity index (χ4n) is 1.94. The van der Waals surface area contributed by atoms with Crippen molar-refractivity contribution < 1.29 is 4.79 Å². The highest BCUT2D eigenvalue weighted by atomic mass is 35.5. The van der Waals surface area contributed by atoms with Crippen LogP contribution in [-0.2, 0) is 4.79 Å². The van der Waals surface area contributed by atoms with Crippen LogP contribution in [0, 0.1) is 25.2 Å². The zero-order valence-corrected chi connectivity index (χ0v) is 14.2. The molecule has 0 saturated heterocycles. The molecule has 0 fully saturated rings.